The van der Waals surface area contributed by atoms with E-state index in [9.17, 15) is 0 Å². The third kappa shape index (κ3) is 176. The molecule has 7 heavy (non-hydrogen) atoms. The zero-order chi connectivity index (χ0) is 3.58. The molecule has 0 aromatic carbocycles. The van der Waals surface area contributed by atoms with E-state index < -0.39 is 6.16 Å². The Kier molecular flexibility index (Phi) is 55.1. The van der Waals surface area contributed by atoms with E-state index in [1.807, 2.05) is 0 Å². The minimum atomic E-state index is -2.33. The molecule has 0 bridgehead atoms. The average molecular weight is 259 g/mol. The van der Waals surface area contributed by atoms with Crippen LogP contribution in [-0.2, 0) is 52.4 Å². The summed E-state index contributed by atoms with van der Waals surface area (Å²) in [5.74, 6) is 0. The fourth-order valence-corrected chi connectivity index (χ4v) is 0. The van der Waals surface area contributed by atoms with Crippen molar-refractivity contribution in [3.8, 4) is 0 Å². The number of hydrogen-bond donors (Lipinski definition) is 1. The molecule has 0 aliphatic heterocycles. The van der Waals surface area contributed by atoms with Crippen LogP contribution in [-0.4, -0.2) is 6.16 Å². The molecule has 0 saturated carbocycles. The molecule has 0 atom stereocenters. The molecule has 0 aliphatic rings. The van der Waals surface area contributed by atoms with E-state index in [0.29, 0.717) is 0 Å². The van der Waals surface area contributed by atoms with Crippen LogP contribution in [0.15, 0.2) is 0 Å². The Morgan fingerprint density at radius 1 is 1.14 bits per heavy atom. The first-order valence-corrected chi connectivity index (χ1v) is 0.612. The zero-order valence-electron chi connectivity index (χ0n) is 3.43. The van der Waals surface area contributed by atoms with Gasteiger partial charge in [-0.3, -0.25) is 0 Å². The first-order valence-electron chi connectivity index (χ1n) is 0.612. The molecule has 0 rings (SSSR count). The minimum absolute atomic E-state index is 0. The van der Waals surface area contributed by atoms with E-state index in [-0.39, 0.29) is 58.6 Å². The van der Waals surface area contributed by atoms with Gasteiger partial charge in [0.25, 0.3) is 0 Å². The largest absolute Gasteiger partial charge is 4.00 e. The van der Waals surface area contributed by atoms with Gasteiger partial charge in [-0.15, -0.1) is 0 Å². The second kappa shape index (κ2) is 15.8. The maximum absolute atomic E-state index is 8.33. The Labute approximate surface area is 79.1 Å². The quantitative estimate of drug-likeness (QED) is 0.529. The zero-order valence-corrected chi connectivity index (χ0v) is 8.35. The molecule has 0 unspecified atom stereocenters. The van der Waals surface area contributed by atoms with Crippen molar-refractivity contribution in [3.05, 3.63) is 0 Å². The summed E-state index contributed by atoms with van der Waals surface area (Å²) in [7, 11) is 0. The maximum atomic E-state index is 8.33. The third-order valence-corrected chi connectivity index (χ3v) is 0. The van der Waals surface area contributed by atoms with Crippen molar-refractivity contribution in [2.24, 2.45) is 0 Å². The van der Waals surface area contributed by atoms with Gasteiger partial charge in [-0.25, -0.2) is 0 Å². The summed E-state index contributed by atoms with van der Waals surface area (Å²) in [5.41, 5.74) is 0. The standard InChI is InChI=1S/CH2O3.H3N.2Zr/c2-1(3)4;;;/h(H2,2,3,4);1H3;;/q;;2*+4/p-2. The Bertz CT molecular complexity index is 35.9. The first-order chi connectivity index (χ1) is 1.73. The number of carbonyl (C=O) groups excluding carboxylic acids is 1. The number of hydrogen-bond acceptors (Lipinski definition) is 4. The molecule has 0 aromatic rings. The first kappa shape index (κ1) is 24.5. The van der Waals surface area contributed by atoms with Gasteiger partial charge < -0.3 is 21.2 Å². The van der Waals surface area contributed by atoms with E-state index >= 15 is 0 Å². The molecule has 3 N–H and O–H groups in total. The van der Waals surface area contributed by atoms with Crippen LogP contribution in [0.3, 0.4) is 0 Å². The molecule has 0 saturated heterocycles. The van der Waals surface area contributed by atoms with Crippen LogP contribution in [0, 0.1) is 0 Å². The van der Waals surface area contributed by atoms with Gasteiger partial charge in [0.1, 0.15) is 0 Å². The Hall–Kier alpha value is 0.996. The molecule has 4 nitrogen and oxygen atoms in total. The normalized spacial score (nSPS) is 3.43. The van der Waals surface area contributed by atoms with Crippen molar-refractivity contribution in [1.29, 1.82) is 0 Å². The molecule has 0 radical (unpaired) electrons. The number of rotatable bonds is 0. The second-order valence-electron chi connectivity index (χ2n) is 0.250. The fraction of sp³-hybridized carbons (Fsp3) is 0. The van der Waals surface area contributed by atoms with E-state index in [1.54, 1.807) is 0 Å². The van der Waals surface area contributed by atoms with Gasteiger partial charge in [0.05, 0.1) is 0 Å². The predicted molar refractivity (Wildman–Crippen MR) is 10.4 cm³/mol. The van der Waals surface area contributed by atoms with Gasteiger partial charge in [-0.2, -0.15) is 0 Å². The molecule has 6 heteroatoms. The SMILES string of the molecule is N.O=C([O-])[O-].[Zr+4].[Zr+4]. The van der Waals surface area contributed by atoms with Crippen molar-refractivity contribution >= 4 is 6.16 Å². The molecule has 0 spiro atoms. The van der Waals surface area contributed by atoms with Gasteiger partial charge in [-0.05, 0) is 6.16 Å². The molecular weight excluding hydrogens is 256 g/mol. The predicted octanol–water partition coefficient (Wildman–Crippen LogP) is -2.29. The van der Waals surface area contributed by atoms with Crippen LogP contribution in [0.1, 0.15) is 0 Å². The summed E-state index contributed by atoms with van der Waals surface area (Å²) in [6, 6.07) is 0. The van der Waals surface area contributed by atoms with E-state index in [4.69, 9.17) is 15.0 Å². The maximum Gasteiger partial charge on any atom is 4.00 e. The van der Waals surface area contributed by atoms with Crippen LogP contribution < -0.4 is 16.4 Å². The fourth-order valence-electron chi connectivity index (χ4n) is 0. The van der Waals surface area contributed by atoms with E-state index in [1.165, 1.54) is 0 Å². The molecular formula is CH3NO3Zr2+6. The second-order valence-corrected chi connectivity index (χ2v) is 0.250. The molecule has 32 valence electrons. The molecule has 0 aliphatic carbocycles. The van der Waals surface area contributed by atoms with Gasteiger partial charge in [-0.1, -0.05) is 0 Å². The van der Waals surface area contributed by atoms with Gasteiger partial charge in [0, 0.05) is 0 Å². The van der Waals surface area contributed by atoms with Crippen LogP contribution in [0.25, 0.3) is 0 Å². The average Bonchev–Trinajstić information content (AvgIpc) is 0.811. The van der Waals surface area contributed by atoms with Crippen molar-refractivity contribution in [2.45, 2.75) is 0 Å². The minimum Gasteiger partial charge on any atom is -0.652 e. The van der Waals surface area contributed by atoms with Crippen molar-refractivity contribution in [2.75, 3.05) is 0 Å². The van der Waals surface area contributed by atoms with Crippen molar-refractivity contribution in [1.82, 2.24) is 6.15 Å². The summed E-state index contributed by atoms with van der Waals surface area (Å²) in [6.45, 7) is 0. The van der Waals surface area contributed by atoms with Gasteiger partial charge in [0.15, 0.2) is 0 Å². The molecule has 0 heterocycles. The smallest absolute Gasteiger partial charge is 0.652 e. The summed E-state index contributed by atoms with van der Waals surface area (Å²) in [5, 5.41) is 16.7. The van der Waals surface area contributed by atoms with E-state index in [0.717, 1.165) is 0 Å². The van der Waals surface area contributed by atoms with Gasteiger partial charge >= 0.3 is 52.4 Å². The monoisotopic (exact) mass is 257 g/mol. The molecule has 0 fully saturated rings. The van der Waals surface area contributed by atoms with E-state index in [2.05, 4.69) is 0 Å². The summed E-state index contributed by atoms with van der Waals surface area (Å²) in [4.78, 5) is 8.33. The van der Waals surface area contributed by atoms with Crippen LogP contribution >= 0.6 is 0 Å². The third-order valence-electron chi connectivity index (χ3n) is 0. The number of carbonyl (C=O) groups is 1. The molecule has 0 amide bonds. The summed E-state index contributed by atoms with van der Waals surface area (Å²) < 4.78 is 0. The van der Waals surface area contributed by atoms with Crippen molar-refractivity contribution < 1.29 is 67.4 Å². The summed E-state index contributed by atoms with van der Waals surface area (Å²) >= 11 is 0. The van der Waals surface area contributed by atoms with Crippen LogP contribution in [0.5, 0.6) is 0 Å². The Morgan fingerprint density at radius 3 is 1.14 bits per heavy atom. The van der Waals surface area contributed by atoms with Crippen molar-refractivity contribution in [3.63, 3.8) is 0 Å². The van der Waals surface area contributed by atoms with Crippen LogP contribution in [0.2, 0.25) is 0 Å². The Morgan fingerprint density at radius 2 is 1.14 bits per heavy atom. The van der Waals surface area contributed by atoms with Crippen LogP contribution in [0.4, 0.5) is 4.79 Å². The number of carboxylic acid groups (broad SMARTS) is 2. The van der Waals surface area contributed by atoms with Gasteiger partial charge in [0.2, 0.25) is 0 Å². The topological polar surface area (TPSA) is 98.2 Å². The summed E-state index contributed by atoms with van der Waals surface area (Å²) in [6.07, 6.45) is -2.33. The molecule has 0 aromatic heterocycles. The Balaban J connectivity index is -0.0000000150.